The molecule has 0 amide bonds. The third kappa shape index (κ3) is 2.47. The molecule has 3 rings (SSSR count). The van der Waals surface area contributed by atoms with Gasteiger partial charge in [0.2, 0.25) is 0 Å². The van der Waals surface area contributed by atoms with Crippen LogP contribution < -0.4 is 4.72 Å². The van der Waals surface area contributed by atoms with Crippen LogP contribution in [-0.4, -0.2) is 23.4 Å². The maximum Gasteiger partial charge on any atom is 0.263 e. The topological polar surface area (TPSA) is 112 Å². The van der Waals surface area contributed by atoms with Gasteiger partial charge in [-0.25, -0.2) is 18.4 Å². The molecule has 0 unspecified atom stereocenters. The first-order valence-electron chi connectivity index (χ1n) is 6.02. The molecule has 2 heterocycles. The molecule has 0 aliphatic carbocycles. The predicted molar refractivity (Wildman–Crippen MR) is 80.9 cm³/mol. The summed E-state index contributed by atoms with van der Waals surface area (Å²) in [4.78, 5) is 10.7. The summed E-state index contributed by atoms with van der Waals surface area (Å²) < 4.78 is 27.2. The molecule has 0 saturated carbocycles. The number of hydrogen-bond acceptors (Lipinski definition) is 5. The van der Waals surface area contributed by atoms with E-state index in [0.717, 1.165) is 0 Å². The van der Waals surface area contributed by atoms with Crippen LogP contribution in [0, 0.1) is 11.3 Å². The fraction of sp³-hybridized carbons (Fsp3) is 0. The van der Waals surface area contributed by atoms with Crippen LogP contribution in [-0.2, 0) is 10.0 Å². The Hall–Kier alpha value is -2.63. The fourth-order valence-corrected chi connectivity index (χ4v) is 3.22. The highest BCUT2D eigenvalue weighted by atomic mass is 35.5. The monoisotopic (exact) mass is 333 g/mol. The number of benzene rings is 1. The highest BCUT2D eigenvalue weighted by Crippen LogP contribution is 2.28. The number of nitrogens with zero attached hydrogens (tertiary/aromatic N) is 3. The number of aromatic nitrogens is 3. The van der Waals surface area contributed by atoms with Crippen molar-refractivity contribution in [3.63, 3.8) is 0 Å². The molecule has 110 valence electrons. The lowest BCUT2D eigenvalue weighted by molar-refractivity contribution is 0.601. The van der Waals surface area contributed by atoms with Gasteiger partial charge >= 0.3 is 0 Å². The van der Waals surface area contributed by atoms with Crippen molar-refractivity contribution in [1.29, 1.82) is 5.26 Å². The van der Waals surface area contributed by atoms with Crippen molar-refractivity contribution in [1.82, 2.24) is 15.0 Å². The van der Waals surface area contributed by atoms with Crippen LogP contribution in [0.4, 0.5) is 5.82 Å². The van der Waals surface area contributed by atoms with Crippen molar-refractivity contribution in [2.45, 2.75) is 4.90 Å². The third-order valence-corrected chi connectivity index (χ3v) is 4.56. The zero-order valence-corrected chi connectivity index (χ0v) is 12.5. The highest BCUT2D eigenvalue weighted by Gasteiger charge is 2.18. The number of H-pyrrole nitrogens is 1. The Morgan fingerprint density at radius 3 is 2.91 bits per heavy atom. The lowest BCUT2D eigenvalue weighted by Crippen LogP contribution is -2.14. The van der Waals surface area contributed by atoms with Crippen molar-refractivity contribution in [3.8, 4) is 6.07 Å². The number of rotatable bonds is 3. The molecule has 0 aliphatic rings. The van der Waals surface area contributed by atoms with Gasteiger partial charge in [-0.3, -0.25) is 4.72 Å². The van der Waals surface area contributed by atoms with Crippen LogP contribution in [0.1, 0.15) is 5.56 Å². The molecule has 0 aliphatic heterocycles. The Balaban J connectivity index is 2.07. The van der Waals surface area contributed by atoms with E-state index in [0.29, 0.717) is 16.1 Å². The van der Waals surface area contributed by atoms with Crippen molar-refractivity contribution < 1.29 is 8.42 Å². The number of nitriles is 1. The molecular formula is C13H8ClN5O2S. The van der Waals surface area contributed by atoms with E-state index in [9.17, 15) is 8.42 Å². The molecule has 9 heteroatoms. The van der Waals surface area contributed by atoms with Gasteiger partial charge < -0.3 is 4.98 Å². The average Bonchev–Trinajstić information content (AvgIpc) is 2.90. The molecule has 0 bridgehead atoms. The fourth-order valence-electron chi connectivity index (χ4n) is 1.92. The average molecular weight is 334 g/mol. The van der Waals surface area contributed by atoms with E-state index in [1.807, 2.05) is 6.07 Å². The first-order chi connectivity index (χ1) is 10.5. The number of anilines is 1. The van der Waals surface area contributed by atoms with Gasteiger partial charge in [-0.1, -0.05) is 17.7 Å². The first-order valence-corrected chi connectivity index (χ1v) is 7.88. The van der Waals surface area contributed by atoms with E-state index in [4.69, 9.17) is 16.9 Å². The molecule has 3 aromatic rings. The van der Waals surface area contributed by atoms with Crippen molar-refractivity contribution in [2.75, 3.05) is 4.72 Å². The van der Waals surface area contributed by atoms with Gasteiger partial charge in [0, 0.05) is 6.20 Å². The quantitative estimate of drug-likeness (QED) is 0.763. The first kappa shape index (κ1) is 14.3. The highest BCUT2D eigenvalue weighted by molar-refractivity contribution is 7.92. The van der Waals surface area contributed by atoms with Crippen molar-refractivity contribution >= 4 is 38.5 Å². The Morgan fingerprint density at radius 2 is 2.14 bits per heavy atom. The van der Waals surface area contributed by atoms with Gasteiger partial charge in [0.05, 0.1) is 26.9 Å². The van der Waals surface area contributed by atoms with Crippen LogP contribution in [0.2, 0.25) is 5.02 Å². The molecule has 22 heavy (non-hydrogen) atoms. The third-order valence-electron chi connectivity index (χ3n) is 2.93. The second kappa shape index (κ2) is 5.29. The number of nitrogens with one attached hydrogen (secondary N) is 2. The minimum Gasteiger partial charge on any atom is -0.344 e. The normalized spacial score (nSPS) is 11.3. The van der Waals surface area contributed by atoms with Crippen molar-refractivity contribution in [3.05, 3.63) is 47.4 Å². The maximum atomic E-state index is 12.4. The molecule has 2 aromatic heterocycles. The van der Waals surface area contributed by atoms with Gasteiger partial charge in [0.1, 0.15) is 12.0 Å². The summed E-state index contributed by atoms with van der Waals surface area (Å²) in [5.41, 5.74) is 0.666. The smallest absolute Gasteiger partial charge is 0.263 e. The molecule has 0 fully saturated rings. The van der Waals surface area contributed by atoms with Crippen LogP contribution >= 0.6 is 11.6 Å². The van der Waals surface area contributed by atoms with Gasteiger partial charge in [-0.2, -0.15) is 5.26 Å². The Labute approximate surface area is 130 Å². The minimum absolute atomic E-state index is 0.0371. The molecule has 0 atom stereocenters. The molecular weight excluding hydrogens is 326 g/mol. The van der Waals surface area contributed by atoms with E-state index in [2.05, 4.69) is 19.7 Å². The number of hydrogen-bond donors (Lipinski definition) is 2. The maximum absolute atomic E-state index is 12.4. The van der Waals surface area contributed by atoms with Crippen LogP contribution in [0.3, 0.4) is 0 Å². The van der Waals surface area contributed by atoms with E-state index < -0.39 is 10.0 Å². The molecule has 2 N–H and O–H groups in total. The van der Waals surface area contributed by atoms with Gasteiger partial charge in [0.25, 0.3) is 10.0 Å². The Bertz CT molecular complexity index is 1010. The van der Waals surface area contributed by atoms with Crippen LogP contribution in [0.25, 0.3) is 11.0 Å². The Kier molecular flexibility index (Phi) is 3.44. The lowest BCUT2D eigenvalue weighted by Gasteiger charge is -2.08. The van der Waals surface area contributed by atoms with E-state index in [1.54, 1.807) is 0 Å². The largest absolute Gasteiger partial charge is 0.344 e. The molecule has 1 aromatic carbocycles. The van der Waals surface area contributed by atoms with Gasteiger partial charge in [-0.05, 0) is 18.2 Å². The van der Waals surface area contributed by atoms with Gasteiger partial charge in [0.15, 0.2) is 5.82 Å². The summed E-state index contributed by atoms with van der Waals surface area (Å²) in [7, 11) is -3.90. The summed E-state index contributed by atoms with van der Waals surface area (Å²) in [6.07, 6.45) is 2.72. The van der Waals surface area contributed by atoms with Crippen molar-refractivity contribution in [2.24, 2.45) is 0 Å². The molecule has 7 nitrogen and oxygen atoms in total. The number of aromatic amines is 1. The zero-order valence-electron chi connectivity index (χ0n) is 10.9. The van der Waals surface area contributed by atoms with Crippen LogP contribution in [0.15, 0.2) is 41.7 Å². The molecule has 0 saturated heterocycles. The number of sulfonamides is 1. The summed E-state index contributed by atoms with van der Waals surface area (Å²) in [5.74, 6) is 0.0682. The Morgan fingerprint density at radius 1 is 1.32 bits per heavy atom. The second-order valence-corrected chi connectivity index (χ2v) is 6.42. The van der Waals surface area contributed by atoms with Gasteiger partial charge in [-0.15, -0.1) is 0 Å². The number of fused-ring (bicyclic) bond motifs is 1. The lowest BCUT2D eigenvalue weighted by atomic mass is 10.2. The SMILES string of the molecule is N#Cc1cccc(S(=O)(=O)Nc2ncnc3[nH]cc(Cl)c23)c1. The van der Waals surface area contributed by atoms with Crippen LogP contribution in [0.5, 0.6) is 0 Å². The summed E-state index contributed by atoms with van der Waals surface area (Å²) >= 11 is 6.01. The molecule has 0 spiro atoms. The minimum atomic E-state index is -3.90. The van der Waals surface area contributed by atoms with E-state index >= 15 is 0 Å². The summed E-state index contributed by atoms with van der Waals surface area (Å²) in [6, 6.07) is 7.57. The van der Waals surface area contributed by atoms with E-state index in [1.165, 1.54) is 36.8 Å². The van der Waals surface area contributed by atoms with E-state index in [-0.39, 0.29) is 16.3 Å². The summed E-state index contributed by atoms with van der Waals surface area (Å²) in [6.45, 7) is 0. The second-order valence-electron chi connectivity index (χ2n) is 4.33. The standard InChI is InChI=1S/C13H8ClN5O2S/c14-10-6-16-12-11(10)13(18-7-17-12)19-22(20,21)9-3-1-2-8(4-9)5-15/h1-4,6-7H,(H2,16,17,18,19). The zero-order chi connectivity index (χ0) is 15.7. The predicted octanol–water partition coefficient (Wildman–Crippen LogP) is 2.28. The summed E-state index contributed by atoms with van der Waals surface area (Å²) in [5, 5.41) is 9.54. The number of halogens is 1. The molecule has 0 radical (unpaired) electrons.